The Morgan fingerprint density at radius 3 is 2.77 bits per heavy atom. The molecular formula is C19H22N10O2. The lowest BCUT2D eigenvalue weighted by Gasteiger charge is -2.06. The number of aromatic nitrogens is 8. The number of nitrogens with zero attached hydrogens (tertiary/aromatic N) is 7. The highest BCUT2D eigenvalue weighted by molar-refractivity contribution is 5.57. The standard InChI is InChI=1S/C19H22N10O2/c1-9-13(10(2)28(3)27-9)8-20-17-24-15-11(6-14-16(30)25-19(31)23-14)7-21-29(15)18(26-17)22-12-4-5-12/h6-7,12,30H,4-5,8H2,1-3H3,(H,20,22,26)(H2,23,25,31). The number of aromatic amines is 2. The van der Waals surface area contributed by atoms with E-state index in [1.54, 1.807) is 16.8 Å². The molecule has 1 aliphatic rings. The number of aromatic hydroxyl groups is 1. The molecule has 4 heterocycles. The maximum atomic E-state index is 11.4. The molecule has 0 aromatic carbocycles. The molecule has 0 saturated heterocycles. The molecule has 0 bridgehead atoms. The smallest absolute Gasteiger partial charge is 0.326 e. The summed E-state index contributed by atoms with van der Waals surface area (Å²) in [6, 6.07) is 0.246. The van der Waals surface area contributed by atoms with E-state index in [0.717, 1.165) is 29.8 Å². The normalized spacial score (nSPS) is 15.3. The predicted octanol–water partition coefficient (Wildman–Crippen LogP) is -0.580. The summed E-state index contributed by atoms with van der Waals surface area (Å²) in [4.78, 5) is 30.1. The zero-order chi connectivity index (χ0) is 21.7. The summed E-state index contributed by atoms with van der Waals surface area (Å²) in [6.07, 6.45) is 5.25. The SMILES string of the molecule is Cc1nn(C)c(C)c1CNc1nc(=NC2CC2)n2ncc(=Cc3[nH]c(=O)[nH]c3O)c2n1. The summed E-state index contributed by atoms with van der Waals surface area (Å²) in [5.74, 6) is 0.165. The van der Waals surface area contributed by atoms with Crippen molar-refractivity contribution in [1.29, 1.82) is 0 Å². The highest BCUT2D eigenvalue weighted by Crippen LogP contribution is 2.22. The molecule has 1 fully saturated rings. The topological polar surface area (TPSA) is 154 Å². The number of H-pyrrole nitrogens is 2. The number of nitrogens with one attached hydrogen (secondary N) is 3. The van der Waals surface area contributed by atoms with Gasteiger partial charge in [-0.3, -0.25) is 9.67 Å². The molecule has 0 unspecified atom stereocenters. The van der Waals surface area contributed by atoms with E-state index in [9.17, 15) is 9.90 Å². The number of anilines is 1. The molecule has 1 saturated carbocycles. The van der Waals surface area contributed by atoms with Gasteiger partial charge in [0.05, 0.1) is 17.9 Å². The van der Waals surface area contributed by atoms with Gasteiger partial charge in [0.1, 0.15) is 5.69 Å². The first kappa shape index (κ1) is 19.0. The molecule has 12 heteroatoms. The Labute approximate surface area is 175 Å². The molecule has 0 amide bonds. The van der Waals surface area contributed by atoms with Gasteiger partial charge in [0.15, 0.2) is 5.65 Å². The number of aryl methyl sites for hydroxylation is 2. The van der Waals surface area contributed by atoms with Gasteiger partial charge in [-0.05, 0) is 32.8 Å². The first-order valence-electron chi connectivity index (χ1n) is 9.94. The van der Waals surface area contributed by atoms with E-state index in [-0.39, 0.29) is 17.6 Å². The quantitative estimate of drug-likeness (QED) is 0.335. The minimum atomic E-state index is -0.496. The molecule has 4 aromatic rings. The van der Waals surface area contributed by atoms with Crippen LogP contribution < -0.4 is 21.8 Å². The lowest BCUT2D eigenvalue weighted by molar-refractivity contribution is 0.454. The lowest BCUT2D eigenvalue weighted by atomic mass is 10.2. The van der Waals surface area contributed by atoms with Crippen LogP contribution in [0, 0.1) is 13.8 Å². The lowest BCUT2D eigenvalue weighted by Crippen LogP contribution is -2.25. The van der Waals surface area contributed by atoms with Gasteiger partial charge in [0.2, 0.25) is 11.8 Å². The Hall–Kier alpha value is -3.96. The van der Waals surface area contributed by atoms with E-state index in [0.29, 0.717) is 29.0 Å². The molecule has 4 aromatic heterocycles. The number of imidazole rings is 1. The van der Waals surface area contributed by atoms with Crippen LogP contribution in [0.25, 0.3) is 11.7 Å². The number of fused-ring (bicyclic) bond motifs is 1. The third-order valence-corrected chi connectivity index (χ3v) is 5.34. The van der Waals surface area contributed by atoms with Gasteiger partial charge < -0.3 is 15.4 Å². The van der Waals surface area contributed by atoms with E-state index >= 15 is 0 Å². The summed E-state index contributed by atoms with van der Waals surface area (Å²) in [7, 11) is 1.91. The number of hydrogen-bond acceptors (Lipinski definition) is 8. The van der Waals surface area contributed by atoms with E-state index in [1.807, 2.05) is 25.6 Å². The summed E-state index contributed by atoms with van der Waals surface area (Å²) >= 11 is 0. The Morgan fingerprint density at radius 1 is 1.32 bits per heavy atom. The van der Waals surface area contributed by atoms with Crippen LogP contribution in [-0.2, 0) is 13.6 Å². The fourth-order valence-electron chi connectivity index (χ4n) is 3.40. The molecular weight excluding hydrogens is 400 g/mol. The van der Waals surface area contributed by atoms with Crippen molar-refractivity contribution in [3.63, 3.8) is 0 Å². The highest BCUT2D eigenvalue weighted by Gasteiger charge is 2.21. The van der Waals surface area contributed by atoms with Gasteiger partial charge in [0.25, 0.3) is 5.62 Å². The van der Waals surface area contributed by atoms with Crippen LogP contribution in [0.5, 0.6) is 5.88 Å². The maximum absolute atomic E-state index is 11.4. The van der Waals surface area contributed by atoms with Crippen molar-refractivity contribution in [1.82, 2.24) is 39.3 Å². The van der Waals surface area contributed by atoms with Gasteiger partial charge in [-0.2, -0.15) is 24.7 Å². The van der Waals surface area contributed by atoms with Crippen molar-refractivity contribution < 1.29 is 5.11 Å². The Balaban J connectivity index is 1.60. The van der Waals surface area contributed by atoms with Gasteiger partial charge in [-0.25, -0.2) is 9.79 Å². The summed E-state index contributed by atoms with van der Waals surface area (Å²) < 4.78 is 3.41. The molecule has 12 nitrogen and oxygen atoms in total. The highest BCUT2D eigenvalue weighted by atomic mass is 16.3. The average molecular weight is 422 g/mol. The van der Waals surface area contributed by atoms with E-state index in [2.05, 4.69) is 40.4 Å². The van der Waals surface area contributed by atoms with Crippen molar-refractivity contribution in [2.75, 3.05) is 5.32 Å². The van der Waals surface area contributed by atoms with Gasteiger partial charge in [-0.1, -0.05) is 0 Å². The van der Waals surface area contributed by atoms with E-state index < -0.39 is 5.69 Å². The van der Waals surface area contributed by atoms with E-state index in [1.165, 1.54) is 0 Å². The minimum Gasteiger partial charge on any atom is -0.493 e. The largest absolute Gasteiger partial charge is 0.493 e. The Morgan fingerprint density at radius 2 is 2.13 bits per heavy atom. The second-order valence-corrected chi connectivity index (χ2v) is 7.66. The Bertz CT molecular complexity index is 1470. The summed E-state index contributed by atoms with van der Waals surface area (Å²) in [5.41, 5.74) is 3.82. The summed E-state index contributed by atoms with van der Waals surface area (Å²) in [5, 5.41) is 22.6. The van der Waals surface area contributed by atoms with Crippen LogP contribution in [0.4, 0.5) is 5.95 Å². The predicted molar refractivity (Wildman–Crippen MR) is 111 cm³/mol. The first-order valence-corrected chi connectivity index (χ1v) is 9.94. The molecule has 0 atom stereocenters. The molecule has 160 valence electrons. The van der Waals surface area contributed by atoms with Crippen LogP contribution in [0.3, 0.4) is 0 Å². The van der Waals surface area contributed by atoms with Crippen LogP contribution in [0.1, 0.15) is 35.5 Å². The molecule has 5 rings (SSSR count). The third kappa shape index (κ3) is 3.56. The summed E-state index contributed by atoms with van der Waals surface area (Å²) in [6.45, 7) is 4.50. The van der Waals surface area contributed by atoms with Crippen molar-refractivity contribution in [3.8, 4) is 5.88 Å². The van der Waals surface area contributed by atoms with Gasteiger partial charge >= 0.3 is 5.69 Å². The molecule has 4 N–H and O–H groups in total. The van der Waals surface area contributed by atoms with Crippen molar-refractivity contribution >= 4 is 17.7 Å². The van der Waals surface area contributed by atoms with Crippen LogP contribution in [0.2, 0.25) is 0 Å². The number of rotatable bonds is 5. The third-order valence-electron chi connectivity index (χ3n) is 5.34. The fourth-order valence-corrected chi connectivity index (χ4v) is 3.40. The monoisotopic (exact) mass is 422 g/mol. The Kier molecular flexibility index (Phi) is 4.34. The average Bonchev–Trinajstić information content (AvgIpc) is 3.28. The van der Waals surface area contributed by atoms with Gasteiger partial charge in [0, 0.05) is 30.1 Å². The maximum Gasteiger partial charge on any atom is 0.326 e. The van der Waals surface area contributed by atoms with E-state index in [4.69, 9.17) is 0 Å². The second-order valence-electron chi connectivity index (χ2n) is 7.66. The van der Waals surface area contributed by atoms with Crippen LogP contribution in [-0.4, -0.2) is 50.5 Å². The van der Waals surface area contributed by atoms with Crippen molar-refractivity contribution in [3.05, 3.63) is 50.2 Å². The molecule has 31 heavy (non-hydrogen) atoms. The minimum absolute atomic E-state index is 0.246. The molecule has 1 aliphatic carbocycles. The zero-order valence-corrected chi connectivity index (χ0v) is 17.3. The molecule has 0 radical (unpaired) electrons. The van der Waals surface area contributed by atoms with Crippen LogP contribution in [0.15, 0.2) is 16.0 Å². The van der Waals surface area contributed by atoms with Crippen LogP contribution >= 0.6 is 0 Å². The number of hydrogen-bond donors (Lipinski definition) is 4. The first-order chi connectivity index (χ1) is 14.9. The fraction of sp³-hybridized carbons (Fsp3) is 0.368. The van der Waals surface area contributed by atoms with Gasteiger partial charge in [-0.15, -0.1) is 0 Å². The zero-order valence-electron chi connectivity index (χ0n) is 17.3. The van der Waals surface area contributed by atoms with Crippen molar-refractivity contribution in [2.45, 2.75) is 39.3 Å². The molecule has 0 aliphatic heterocycles. The van der Waals surface area contributed by atoms with Crippen molar-refractivity contribution in [2.24, 2.45) is 12.0 Å². The molecule has 0 spiro atoms. The second kappa shape index (κ2) is 7.07.